The quantitative estimate of drug-likeness (QED) is 0.629. The van der Waals surface area contributed by atoms with E-state index in [9.17, 15) is 13.2 Å². The summed E-state index contributed by atoms with van der Waals surface area (Å²) < 4.78 is 27.0. The van der Waals surface area contributed by atoms with Crippen LogP contribution in [0.3, 0.4) is 0 Å². The number of rotatable bonds is 5. The van der Waals surface area contributed by atoms with E-state index in [0.29, 0.717) is 19.4 Å². The summed E-state index contributed by atoms with van der Waals surface area (Å²) in [6, 6.07) is 10.6. The maximum absolute atomic E-state index is 12.8. The predicted molar refractivity (Wildman–Crippen MR) is 103 cm³/mol. The second-order valence-electron chi connectivity index (χ2n) is 6.26. The van der Waals surface area contributed by atoms with Crippen LogP contribution in [-0.4, -0.2) is 37.9 Å². The van der Waals surface area contributed by atoms with Crippen molar-refractivity contribution >= 4 is 33.5 Å². The van der Waals surface area contributed by atoms with E-state index >= 15 is 0 Å². The predicted octanol–water partition coefficient (Wildman–Crippen LogP) is 2.61. The highest BCUT2D eigenvalue weighted by molar-refractivity contribution is 7.89. The van der Waals surface area contributed by atoms with Gasteiger partial charge >= 0.3 is 0 Å². The highest BCUT2D eigenvalue weighted by Gasteiger charge is 2.33. The van der Waals surface area contributed by atoms with E-state index in [1.54, 1.807) is 30.5 Å². The smallest absolute Gasteiger partial charge is 0.244 e. The first-order valence-corrected chi connectivity index (χ1v) is 10.7. The number of hydrazone groups is 1. The average molecular weight is 392 g/mol. The second-order valence-corrected chi connectivity index (χ2v) is 9.18. The van der Waals surface area contributed by atoms with Crippen LogP contribution in [0.15, 0.2) is 51.8 Å². The van der Waals surface area contributed by atoms with E-state index in [2.05, 4.69) is 10.5 Å². The van der Waals surface area contributed by atoms with Gasteiger partial charge in [-0.3, -0.25) is 4.79 Å². The Morgan fingerprint density at radius 1 is 1.31 bits per heavy atom. The third kappa shape index (κ3) is 4.38. The molecule has 2 heterocycles. The number of carbonyl (C=O) groups excluding carboxylic acids is 1. The summed E-state index contributed by atoms with van der Waals surface area (Å²) in [6.45, 7) is 2.52. The van der Waals surface area contributed by atoms with Crippen molar-refractivity contribution in [2.24, 2.45) is 11.0 Å². The molecule has 1 aliphatic rings. The minimum Gasteiger partial charge on any atom is -0.273 e. The fourth-order valence-electron chi connectivity index (χ4n) is 2.85. The van der Waals surface area contributed by atoms with Crippen LogP contribution in [0.1, 0.15) is 23.3 Å². The van der Waals surface area contributed by atoms with Crippen LogP contribution in [0, 0.1) is 12.8 Å². The van der Waals surface area contributed by atoms with Gasteiger partial charge in [0, 0.05) is 18.0 Å². The molecule has 1 aliphatic heterocycles. The van der Waals surface area contributed by atoms with Crippen molar-refractivity contribution in [1.29, 1.82) is 0 Å². The minimum absolute atomic E-state index is 0.177. The number of piperidine rings is 1. The van der Waals surface area contributed by atoms with Crippen molar-refractivity contribution < 1.29 is 13.2 Å². The summed E-state index contributed by atoms with van der Waals surface area (Å²) >= 11 is 1.52. The Morgan fingerprint density at radius 2 is 2.08 bits per heavy atom. The monoisotopic (exact) mass is 391 g/mol. The molecule has 1 N–H and O–H groups in total. The van der Waals surface area contributed by atoms with Crippen LogP contribution in [0.2, 0.25) is 0 Å². The molecule has 0 saturated carbocycles. The lowest BCUT2D eigenvalue weighted by molar-refractivity contribution is -0.126. The van der Waals surface area contributed by atoms with Gasteiger partial charge in [0.25, 0.3) is 0 Å². The third-order valence-electron chi connectivity index (χ3n) is 4.32. The summed E-state index contributed by atoms with van der Waals surface area (Å²) in [5.41, 5.74) is 3.53. The average Bonchev–Trinajstić information content (AvgIpc) is 3.15. The Hall–Kier alpha value is -2.03. The van der Waals surface area contributed by atoms with Crippen LogP contribution in [0.4, 0.5) is 0 Å². The van der Waals surface area contributed by atoms with Gasteiger partial charge in [-0.05, 0) is 43.3 Å². The van der Waals surface area contributed by atoms with Gasteiger partial charge in [-0.2, -0.15) is 9.41 Å². The zero-order chi connectivity index (χ0) is 18.6. The maximum Gasteiger partial charge on any atom is 0.244 e. The van der Waals surface area contributed by atoms with Gasteiger partial charge in [0.1, 0.15) is 0 Å². The first kappa shape index (κ1) is 18.8. The van der Waals surface area contributed by atoms with E-state index in [1.807, 2.05) is 24.4 Å². The number of amides is 1. The van der Waals surface area contributed by atoms with Crippen LogP contribution < -0.4 is 5.43 Å². The molecule has 26 heavy (non-hydrogen) atoms. The van der Waals surface area contributed by atoms with Gasteiger partial charge in [0.05, 0.1) is 17.0 Å². The topological polar surface area (TPSA) is 78.8 Å². The van der Waals surface area contributed by atoms with Gasteiger partial charge in [0.15, 0.2) is 0 Å². The summed E-state index contributed by atoms with van der Waals surface area (Å²) in [7, 11) is -3.58. The van der Waals surface area contributed by atoms with E-state index in [0.717, 1.165) is 10.4 Å². The lowest BCUT2D eigenvalue weighted by Crippen LogP contribution is -2.44. The van der Waals surface area contributed by atoms with Crippen LogP contribution in [-0.2, 0) is 14.8 Å². The Morgan fingerprint density at radius 3 is 2.77 bits per heavy atom. The summed E-state index contributed by atoms with van der Waals surface area (Å²) in [5, 5.41) is 5.89. The van der Waals surface area contributed by atoms with Gasteiger partial charge in [-0.15, -0.1) is 11.3 Å². The number of sulfonamides is 1. The molecular formula is C18H21N3O3S2. The summed E-state index contributed by atoms with van der Waals surface area (Å²) in [5.74, 6) is -0.647. The molecule has 1 amide bonds. The standard InChI is InChI=1S/C18H21N3O3S2/c1-14-6-8-17(9-7-14)26(23,24)21-10-2-4-15(13-21)18(22)20-19-12-16-5-3-11-25-16/h3,5-9,11-12,15H,2,4,10,13H2,1H3,(H,20,22)/b19-12-/t15-/m1/s1. The molecule has 138 valence electrons. The molecule has 0 bridgehead atoms. The molecule has 3 rings (SSSR count). The fourth-order valence-corrected chi connectivity index (χ4v) is 4.96. The van der Waals surface area contributed by atoms with E-state index in [4.69, 9.17) is 0 Å². The number of carbonyl (C=O) groups is 1. The van der Waals surface area contributed by atoms with Crippen molar-refractivity contribution in [2.45, 2.75) is 24.7 Å². The van der Waals surface area contributed by atoms with Crippen molar-refractivity contribution in [2.75, 3.05) is 13.1 Å². The molecule has 1 saturated heterocycles. The highest BCUT2D eigenvalue weighted by Crippen LogP contribution is 2.24. The van der Waals surface area contributed by atoms with Crippen LogP contribution in [0.25, 0.3) is 0 Å². The molecule has 1 atom stereocenters. The first-order chi connectivity index (χ1) is 12.5. The summed E-state index contributed by atoms with van der Waals surface area (Å²) in [4.78, 5) is 13.5. The number of thiophene rings is 1. The molecule has 0 aliphatic carbocycles. The number of hydrogen-bond acceptors (Lipinski definition) is 5. The number of aryl methyl sites for hydroxylation is 1. The molecular weight excluding hydrogens is 370 g/mol. The molecule has 0 unspecified atom stereocenters. The van der Waals surface area contributed by atoms with E-state index in [-0.39, 0.29) is 17.3 Å². The van der Waals surface area contributed by atoms with Crippen molar-refractivity contribution in [3.8, 4) is 0 Å². The van der Waals surface area contributed by atoms with Crippen molar-refractivity contribution in [1.82, 2.24) is 9.73 Å². The van der Waals surface area contributed by atoms with Crippen molar-refractivity contribution in [3.05, 3.63) is 52.2 Å². The van der Waals surface area contributed by atoms with Crippen LogP contribution >= 0.6 is 11.3 Å². The maximum atomic E-state index is 12.8. The molecule has 1 aromatic carbocycles. The molecule has 2 aromatic rings. The third-order valence-corrected chi connectivity index (χ3v) is 7.01. The van der Waals surface area contributed by atoms with Gasteiger partial charge in [0.2, 0.25) is 15.9 Å². The van der Waals surface area contributed by atoms with Crippen molar-refractivity contribution in [3.63, 3.8) is 0 Å². The molecule has 1 aromatic heterocycles. The Balaban J connectivity index is 1.64. The molecule has 1 fully saturated rings. The highest BCUT2D eigenvalue weighted by atomic mass is 32.2. The summed E-state index contributed by atoms with van der Waals surface area (Å²) in [6.07, 6.45) is 2.89. The molecule has 6 nitrogen and oxygen atoms in total. The van der Waals surface area contributed by atoms with E-state index < -0.39 is 15.9 Å². The zero-order valence-electron chi connectivity index (χ0n) is 14.5. The largest absolute Gasteiger partial charge is 0.273 e. The number of benzene rings is 1. The Labute approximate surface area is 157 Å². The molecule has 0 radical (unpaired) electrons. The number of nitrogens with zero attached hydrogens (tertiary/aromatic N) is 2. The normalized spacial score (nSPS) is 18.9. The first-order valence-electron chi connectivity index (χ1n) is 8.40. The number of hydrogen-bond donors (Lipinski definition) is 1. The fraction of sp³-hybridized carbons (Fsp3) is 0.333. The molecule has 8 heteroatoms. The zero-order valence-corrected chi connectivity index (χ0v) is 16.1. The minimum atomic E-state index is -3.58. The molecule has 0 spiro atoms. The second kappa shape index (κ2) is 8.11. The van der Waals surface area contributed by atoms with Gasteiger partial charge in [-0.1, -0.05) is 23.8 Å². The lowest BCUT2D eigenvalue weighted by atomic mass is 9.99. The van der Waals surface area contributed by atoms with Gasteiger partial charge < -0.3 is 0 Å². The van der Waals surface area contributed by atoms with Crippen LogP contribution in [0.5, 0.6) is 0 Å². The number of nitrogens with one attached hydrogen (secondary N) is 1. The Kier molecular flexibility index (Phi) is 5.85. The van der Waals surface area contributed by atoms with Gasteiger partial charge in [-0.25, -0.2) is 13.8 Å². The Bertz CT molecular complexity index is 875. The lowest BCUT2D eigenvalue weighted by Gasteiger charge is -2.30. The van der Waals surface area contributed by atoms with E-state index in [1.165, 1.54) is 15.6 Å². The SMILES string of the molecule is Cc1ccc(S(=O)(=O)N2CCC[C@@H](C(=O)N/N=C\c3cccs3)C2)cc1.